The maximum Gasteiger partial charge on any atom is 0.321 e. The molecule has 37 heavy (non-hydrogen) atoms. The fraction of sp³-hybridized carbons (Fsp3) is 0.939. The van der Waals surface area contributed by atoms with Crippen LogP contribution in [0.3, 0.4) is 0 Å². The smallest absolute Gasteiger partial charge is 0.321 e. The molecule has 0 aliphatic carbocycles. The highest BCUT2D eigenvalue weighted by molar-refractivity contribution is 4.95. The van der Waals surface area contributed by atoms with E-state index in [1.54, 1.807) is 0 Å². The highest BCUT2D eigenvalue weighted by Gasteiger charge is 2.12. The first-order valence-electron chi connectivity index (χ1n) is 16.5. The summed E-state index contributed by atoms with van der Waals surface area (Å²) in [6.45, 7) is 11.4. The number of rotatable bonds is 31. The minimum atomic E-state index is 0.245. The molecule has 0 aromatic carbocycles. The van der Waals surface area contributed by atoms with Crippen molar-refractivity contribution in [2.45, 2.75) is 175 Å². The topological polar surface area (TPSA) is 36.9 Å². The molecule has 0 aromatic heterocycles. The minimum absolute atomic E-state index is 0.245. The van der Waals surface area contributed by atoms with Crippen molar-refractivity contribution < 1.29 is 18.9 Å². The second kappa shape index (κ2) is 31.3. The molecule has 4 nitrogen and oxygen atoms in total. The van der Waals surface area contributed by atoms with Crippen molar-refractivity contribution in [1.29, 1.82) is 0 Å². The summed E-state index contributed by atoms with van der Waals surface area (Å²) in [7, 11) is 0. The Balaban J connectivity index is 4.47. The van der Waals surface area contributed by atoms with Crippen LogP contribution in [-0.4, -0.2) is 26.6 Å². The van der Waals surface area contributed by atoms with Crippen LogP contribution in [0.1, 0.15) is 175 Å². The lowest BCUT2D eigenvalue weighted by Gasteiger charge is -2.18. The number of hydrogen-bond acceptors (Lipinski definition) is 4. The Labute approximate surface area is 232 Å². The van der Waals surface area contributed by atoms with Crippen molar-refractivity contribution in [1.82, 2.24) is 0 Å². The Hall–Kier alpha value is -0.900. The lowest BCUT2D eigenvalue weighted by atomic mass is 10.1. The van der Waals surface area contributed by atoms with Crippen molar-refractivity contribution in [3.8, 4) is 0 Å². The first-order valence-corrected chi connectivity index (χ1v) is 16.5. The van der Waals surface area contributed by atoms with Gasteiger partial charge in [-0.05, 0) is 25.7 Å². The van der Waals surface area contributed by atoms with E-state index in [1.165, 1.54) is 116 Å². The summed E-state index contributed by atoms with van der Waals surface area (Å²) in [5.74, 6) is 1.44. The molecule has 0 aromatic rings. The first-order chi connectivity index (χ1) is 18.3. The van der Waals surface area contributed by atoms with Crippen LogP contribution in [0.4, 0.5) is 0 Å². The summed E-state index contributed by atoms with van der Waals surface area (Å²) in [5.41, 5.74) is 0. The van der Waals surface area contributed by atoms with E-state index in [9.17, 15) is 0 Å². The standard InChI is InChI=1S/C33H66O4/c1-5-9-12-15-17-19-22-25-29-35-32(27-8-4)33(37-31-34-28-24-21-14-11-7-3)36-30-26-23-20-18-16-13-10-6-2/h5-31H2,1-4H3. The summed E-state index contributed by atoms with van der Waals surface area (Å²) in [4.78, 5) is 0. The molecule has 0 saturated heterocycles. The molecule has 0 radical (unpaired) electrons. The summed E-state index contributed by atoms with van der Waals surface area (Å²) >= 11 is 0. The molecule has 0 aliphatic heterocycles. The van der Waals surface area contributed by atoms with E-state index in [0.29, 0.717) is 12.6 Å². The Kier molecular flexibility index (Phi) is 30.6. The summed E-state index contributed by atoms with van der Waals surface area (Å²) in [6, 6.07) is 0. The Morgan fingerprint density at radius 2 is 0.784 bits per heavy atom. The van der Waals surface area contributed by atoms with Gasteiger partial charge in [-0.25, -0.2) is 0 Å². The minimum Gasteiger partial charge on any atom is -0.491 e. The van der Waals surface area contributed by atoms with Gasteiger partial charge in [0.15, 0.2) is 12.6 Å². The average molecular weight is 527 g/mol. The Morgan fingerprint density at radius 3 is 1.24 bits per heavy atom. The third-order valence-corrected chi connectivity index (χ3v) is 6.88. The lowest BCUT2D eigenvalue weighted by Crippen LogP contribution is -2.10. The third-order valence-electron chi connectivity index (χ3n) is 6.88. The predicted molar refractivity (Wildman–Crippen MR) is 160 cm³/mol. The Bertz CT molecular complexity index is 463. The summed E-state index contributed by atoms with van der Waals surface area (Å²) in [6.07, 6.45) is 28.9. The molecule has 0 aliphatic rings. The predicted octanol–water partition coefficient (Wildman–Crippen LogP) is 11.2. The molecular formula is C33H66O4. The zero-order valence-electron chi connectivity index (χ0n) is 25.7. The van der Waals surface area contributed by atoms with Gasteiger partial charge >= 0.3 is 5.95 Å². The molecule has 4 heteroatoms. The molecule has 0 atom stereocenters. The van der Waals surface area contributed by atoms with Crippen LogP contribution >= 0.6 is 0 Å². The van der Waals surface area contributed by atoms with E-state index < -0.39 is 0 Å². The highest BCUT2D eigenvalue weighted by atomic mass is 16.7. The molecule has 0 N–H and O–H groups in total. The average Bonchev–Trinajstić information content (AvgIpc) is 2.91. The SMILES string of the molecule is CCCCCCCCCCOC(CCC)=C(OCCCCCCCCCC)OCOCCCCCCC. The first kappa shape index (κ1) is 36.1. The van der Waals surface area contributed by atoms with E-state index in [4.69, 9.17) is 18.9 Å². The van der Waals surface area contributed by atoms with Crippen LogP contribution in [0.2, 0.25) is 0 Å². The van der Waals surface area contributed by atoms with Crippen molar-refractivity contribution in [2.24, 2.45) is 0 Å². The van der Waals surface area contributed by atoms with Gasteiger partial charge in [-0.3, -0.25) is 0 Å². The summed E-state index contributed by atoms with van der Waals surface area (Å²) in [5, 5.41) is 0. The second-order valence-corrected chi connectivity index (χ2v) is 10.7. The van der Waals surface area contributed by atoms with Gasteiger partial charge in [-0.1, -0.05) is 143 Å². The van der Waals surface area contributed by atoms with Gasteiger partial charge in [-0.15, -0.1) is 0 Å². The fourth-order valence-corrected chi connectivity index (χ4v) is 4.46. The Morgan fingerprint density at radius 1 is 0.378 bits per heavy atom. The largest absolute Gasteiger partial charge is 0.491 e. The normalized spacial score (nSPS) is 12.0. The van der Waals surface area contributed by atoms with E-state index in [2.05, 4.69) is 27.7 Å². The van der Waals surface area contributed by atoms with Gasteiger partial charge in [0, 0.05) is 6.42 Å². The van der Waals surface area contributed by atoms with Gasteiger partial charge in [0.1, 0.15) is 0 Å². The van der Waals surface area contributed by atoms with Crippen molar-refractivity contribution in [2.75, 3.05) is 26.6 Å². The van der Waals surface area contributed by atoms with E-state index in [1.807, 2.05) is 0 Å². The third kappa shape index (κ3) is 26.5. The zero-order chi connectivity index (χ0) is 27.1. The van der Waals surface area contributed by atoms with E-state index in [-0.39, 0.29) is 6.79 Å². The molecule has 0 bridgehead atoms. The van der Waals surface area contributed by atoms with Crippen LogP contribution in [0, 0.1) is 0 Å². The van der Waals surface area contributed by atoms with Gasteiger partial charge in [0.25, 0.3) is 0 Å². The van der Waals surface area contributed by atoms with Crippen LogP contribution in [0.5, 0.6) is 0 Å². The molecule has 0 heterocycles. The summed E-state index contributed by atoms with van der Waals surface area (Å²) < 4.78 is 24.1. The van der Waals surface area contributed by atoms with Crippen LogP contribution in [0.15, 0.2) is 11.7 Å². The molecule has 0 unspecified atom stereocenters. The lowest BCUT2D eigenvalue weighted by molar-refractivity contribution is -0.0845. The van der Waals surface area contributed by atoms with Gasteiger partial charge in [0.05, 0.1) is 19.8 Å². The fourth-order valence-electron chi connectivity index (χ4n) is 4.46. The number of allylic oxidation sites excluding steroid dienone is 1. The quantitative estimate of drug-likeness (QED) is 0.0511. The zero-order valence-corrected chi connectivity index (χ0v) is 25.7. The maximum absolute atomic E-state index is 6.22. The monoisotopic (exact) mass is 526 g/mol. The van der Waals surface area contributed by atoms with Crippen LogP contribution in [-0.2, 0) is 18.9 Å². The number of unbranched alkanes of at least 4 members (excludes halogenated alkanes) is 18. The van der Waals surface area contributed by atoms with E-state index >= 15 is 0 Å². The van der Waals surface area contributed by atoms with Gasteiger partial charge in [0.2, 0.25) is 0 Å². The highest BCUT2D eigenvalue weighted by Crippen LogP contribution is 2.18. The second-order valence-electron chi connectivity index (χ2n) is 10.7. The molecule has 0 fully saturated rings. The number of ether oxygens (including phenoxy) is 4. The van der Waals surface area contributed by atoms with Gasteiger partial charge in [-0.2, -0.15) is 0 Å². The van der Waals surface area contributed by atoms with Gasteiger partial charge < -0.3 is 18.9 Å². The van der Waals surface area contributed by atoms with Crippen LogP contribution in [0.25, 0.3) is 0 Å². The molecule has 0 rings (SSSR count). The maximum atomic E-state index is 6.22. The molecular weight excluding hydrogens is 460 g/mol. The van der Waals surface area contributed by atoms with E-state index in [0.717, 1.165) is 51.1 Å². The molecule has 0 spiro atoms. The number of hydrogen-bond donors (Lipinski definition) is 0. The molecule has 222 valence electrons. The van der Waals surface area contributed by atoms with Crippen LogP contribution < -0.4 is 0 Å². The van der Waals surface area contributed by atoms with Crippen molar-refractivity contribution >= 4 is 0 Å². The van der Waals surface area contributed by atoms with Crippen molar-refractivity contribution in [3.63, 3.8) is 0 Å². The van der Waals surface area contributed by atoms with Crippen molar-refractivity contribution in [3.05, 3.63) is 11.7 Å². The molecule has 0 saturated carbocycles. The molecule has 0 amide bonds.